The molecule has 0 saturated carbocycles. The Morgan fingerprint density at radius 2 is 1.00 bits per heavy atom. The second kappa shape index (κ2) is 15.7. The van der Waals surface area contributed by atoms with Gasteiger partial charge in [0.25, 0.3) is 0 Å². The Morgan fingerprint density at radius 3 is 1.65 bits per heavy atom. The van der Waals surface area contributed by atoms with E-state index in [-0.39, 0.29) is 30.9 Å². The summed E-state index contributed by atoms with van der Waals surface area (Å²) >= 11 is 0. The molecule has 1 radical (unpaired) electrons. The van der Waals surface area contributed by atoms with Gasteiger partial charge in [0.2, 0.25) is 0 Å². The standard InChI is InChI=1S/C29H18N.C25H26N.Ir/c1-2-12-25-23(10-1)24-11-3-4-13-26(24)28-19-21(15-16-27(25)28)20-8-7-9-22(18-20)29-14-5-6-17-30-29;1-24(2)14-15-25(3,4)22-16-19(10-12-21(22)24)23-13-11-20(17-26-23)18-8-6-5-7-9-18;/h1-8,10-19H;5-9,11-13,16-17H,14-15H2,1-4H3;/q2*-1;. The molecule has 0 fully saturated rings. The molecule has 2 heterocycles. The summed E-state index contributed by atoms with van der Waals surface area (Å²) in [5.41, 5.74) is 12.1. The molecule has 2 aromatic heterocycles. The Balaban J connectivity index is 0.000000159. The molecule has 10 rings (SSSR count). The summed E-state index contributed by atoms with van der Waals surface area (Å²) < 4.78 is 0. The van der Waals surface area contributed by atoms with Gasteiger partial charge in [-0.15, -0.1) is 70.3 Å². The molecule has 0 amide bonds. The average Bonchev–Trinajstić information content (AvgIpc) is 3.26. The van der Waals surface area contributed by atoms with E-state index in [1.54, 1.807) is 0 Å². The summed E-state index contributed by atoms with van der Waals surface area (Å²) in [6, 6.07) is 62.5. The number of aromatic nitrogens is 2. The minimum Gasteiger partial charge on any atom is -0.305 e. The zero-order chi connectivity index (χ0) is 38.3. The van der Waals surface area contributed by atoms with Crippen LogP contribution < -0.4 is 0 Å². The Hall–Kier alpha value is -5.73. The molecule has 57 heavy (non-hydrogen) atoms. The van der Waals surface area contributed by atoms with Crippen molar-refractivity contribution < 1.29 is 20.1 Å². The van der Waals surface area contributed by atoms with Crippen LogP contribution in [0.1, 0.15) is 51.7 Å². The average molecular weight is 913 g/mol. The van der Waals surface area contributed by atoms with Crippen molar-refractivity contribution in [2.75, 3.05) is 0 Å². The second-order valence-corrected chi connectivity index (χ2v) is 16.3. The van der Waals surface area contributed by atoms with E-state index in [9.17, 15) is 0 Å². The zero-order valence-electron chi connectivity index (χ0n) is 32.8. The summed E-state index contributed by atoms with van der Waals surface area (Å²) in [7, 11) is 0. The fourth-order valence-corrected chi connectivity index (χ4v) is 8.41. The normalized spacial score (nSPS) is 14.0. The molecule has 0 N–H and O–H groups in total. The smallest absolute Gasteiger partial charge is 0.0239 e. The van der Waals surface area contributed by atoms with Gasteiger partial charge in [0.05, 0.1) is 0 Å². The minimum absolute atomic E-state index is 0. The third kappa shape index (κ3) is 7.46. The van der Waals surface area contributed by atoms with Crippen LogP contribution >= 0.6 is 0 Å². The number of benzene rings is 7. The number of rotatable bonds is 4. The van der Waals surface area contributed by atoms with Crippen molar-refractivity contribution in [1.82, 2.24) is 9.97 Å². The van der Waals surface area contributed by atoms with E-state index in [0.717, 1.165) is 28.1 Å². The fourth-order valence-electron chi connectivity index (χ4n) is 8.41. The number of nitrogens with zero attached hydrogens (tertiary/aromatic N) is 2. The third-order valence-corrected chi connectivity index (χ3v) is 11.8. The van der Waals surface area contributed by atoms with E-state index in [1.165, 1.54) is 73.0 Å². The van der Waals surface area contributed by atoms with Crippen LogP contribution in [0, 0.1) is 12.1 Å². The molecule has 0 aliphatic heterocycles. The molecule has 7 aromatic carbocycles. The van der Waals surface area contributed by atoms with Crippen LogP contribution in [0.25, 0.3) is 77.1 Å². The molecule has 0 unspecified atom stereocenters. The van der Waals surface area contributed by atoms with E-state index >= 15 is 0 Å². The van der Waals surface area contributed by atoms with Crippen molar-refractivity contribution in [3.8, 4) is 44.8 Å². The van der Waals surface area contributed by atoms with Gasteiger partial charge < -0.3 is 9.97 Å². The summed E-state index contributed by atoms with van der Waals surface area (Å²) in [6.45, 7) is 9.41. The molecule has 3 heteroatoms. The fraction of sp³-hybridized carbons (Fsp3) is 0.148. The topological polar surface area (TPSA) is 25.8 Å². The molecule has 9 aromatic rings. The monoisotopic (exact) mass is 913 g/mol. The van der Waals surface area contributed by atoms with Crippen molar-refractivity contribution in [1.29, 1.82) is 0 Å². The Labute approximate surface area is 350 Å². The van der Waals surface area contributed by atoms with E-state index in [0.29, 0.717) is 0 Å². The molecular weight excluding hydrogens is 869 g/mol. The van der Waals surface area contributed by atoms with Crippen LogP contribution in [0.15, 0.2) is 170 Å². The molecule has 0 saturated heterocycles. The number of hydrogen-bond acceptors (Lipinski definition) is 2. The van der Waals surface area contributed by atoms with Gasteiger partial charge in [0, 0.05) is 32.5 Å². The Morgan fingerprint density at radius 1 is 0.439 bits per heavy atom. The van der Waals surface area contributed by atoms with E-state index in [1.807, 2.05) is 42.7 Å². The Bertz CT molecular complexity index is 2810. The number of pyridine rings is 2. The van der Waals surface area contributed by atoms with Crippen molar-refractivity contribution in [2.24, 2.45) is 0 Å². The van der Waals surface area contributed by atoms with Crippen molar-refractivity contribution >= 4 is 32.3 Å². The molecule has 1 aliphatic carbocycles. The van der Waals surface area contributed by atoms with E-state index in [4.69, 9.17) is 4.98 Å². The van der Waals surface area contributed by atoms with Gasteiger partial charge in [0.15, 0.2) is 0 Å². The quantitative estimate of drug-likeness (QED) is 0.130. The van der Waals surface area contributed by atoms with Crippen LogP contribution in [-0.2, 0) is 30.9 Å². The maximum atomic E-state index is 4.73. The SMILES string of the molecule is CC1(C)CCC(C)(C)c2cc(-c3ccc(-c4ccccc4)cn3)[c-]cc21.[Ir].[c-]1ccc(-c2ccc3c4ccccc4c4ccccc4c3c2)cc1-c1ccccn1. The zero-order valence-corrected chi connectivity index (χ0v) is 35.2. The van der Waals surface area contributed by atoms with Gasteiger partial charge in [-0.3, -0.25) is 0 Å². The number of fused-ring (bicyclic) bond motifs is 7. The maximum absolute atomic E-state index is 4.73. The van der Waals surface area contributed by atoms with Gasteiger partial charge in [-0.25, -0.2) is 0 Å². The van der Waals surface area contributed by atoms with Crippen LogP contribution in [0.5, 0.6) is 0 Å². The molecule has 281 valence electrons. The van der Waals surface area contributed by atoms with Crippen molar-refractivity contribution in [3.05, 3.63) is 193 Å². The van der Waals surface area contributed by atoms with Crippen LogP contribution in [-0.4, -0.2) is 9.97 Å². The van der Waals surface area contributed by atoms with E-state index < -0.39 is 0 Å². The molecule has 2 nitrogen and oxygen atoms in total. The predicted molar refractivity (Wildman–Crippen MR) is 236 cm³/mol. The molecule has 1 aliphatic rings. The first-order valence-electron chi connectivity index (χ1n) is 19.6. The van der Waals surface area contributed by atoms with Gasteiger partial charge in [-0.1, -0.05) is 149 Å². The second-order valence-electron chi connectivity index (χ2n) is 16.3. The van der Waals surface area contributed by atoms with Gasteiger partial charge >= 0.3 is 0 Å². The first kappa shape index (κ1) is 38.2. The van der Waals surface area contributed by atoms with Gasteiger partial charge in [0.1, 0.15) is 0 Å². The molecule has 0 bridgehead atoms. The summed E-state index contributed by atoms with van der Waals surface area (Å²) in [6.07, 6.45) is 6.23. The molecule has 0 atom stereocenters. The summed E-state index contributed by atoms with van der Waals surface area (Å²) in [4.78, 5) is 9.20. The third-order valence-electron chi connectivity index (χ3n) is 11.8. The van der Waals surface area contributed by atoms with Crippen molar-refractivity contribution in [3.63, 3.8) is 0 Å². The first-order chi connectivity index (χ1) is 27.2. The molecular formula is C54H44IrN2-2. The minimum atomic E-state index is 0. The largest absolute Gasteiger partial charge is 0.305 e. The Kier molecular flexibility index (Phi) is 10.5. The van der Waals surface area contributed by atoms with Crippen LogP contribution in [0.4, 0.5) is 0 Å². The number of hydrogen-bond donors (Lipinski definition) is 0. The van der Waals surface area contributed by atoms with Gasteiger partial charge in [-0.05, 0) is 89.8 Å². The summed E-state index contributed by atoms with van der Waals surface area (Å²) in [5, 5.41) is 7.77. The predicted octanol–water partition coefficient (Wildman–Crippen LogP) is 14.2. The van der Waals surface area contributed by atoms with Crippen LogP contribution in [0.2, 0.25) is 0 Å². The van der Waals surface area contributed by atoms with Crippen molar-refractivity contribution in [2.45, 2.75) is 51.4 Å². The van der Waals surface area contributed by atoms with Gasteiger partial charge in [-0.2, -0.15) is 0 Å². The summed E-state index contributed by atoms with van der Waals surface area (Å²) in [5.74, 6) is 0. The molecule has 0 spiro atoms. The first-order valence-corrected chi connectivity index (χ1v) is 19.6. The van der Waals surface area contributed by atoms with Crippen LogP contribution in [0.3, 0.4) is 0 Å². The van der Waals surface area contributed by atoms with E-state index in [2.05, 4.69) is 172 Å². The maximum Gasteiger partial charge on any atom is 0.0239 e.